The van der Waals surface area contributed by atoms with E-state index in [2.05, 4.69) is 15.9 Å². The minimum Gasteiger partial charge on any atom is -0.287 e. The normalized spacial score (nSPS) is 11.3. The van der Waals surface area contributed by atoms with Crippen molar-refractivity contribution < 1.29 is 18.8 Å². The van der Waals surface area contributed by atoms with Gasteiger partial charge in [-0.2, -0.15) is 0 Å². The van der Waals surface area contributed by atoms with E-state index in [1.54, 1.807) is 41.5 Å². The first-order valence-electron chi connectivity index (χ1n) is 8.05. The maximum atomic E-state index is 14.6. The number of imide groups is 1. The average molecular weight is 432 g/mol. The standard InChI is InChI=1S/C18H23BrFNO3S/c1-9(2)16(22)21(17(23)10(3)4)14-8-15(12(19)7-13(14)20)25-18(24)11(5)6/h7-11H,1-6H3. The van der Waals surface area contributed by atoms with Gasteiger partial charge in [-0.25, -0.2) is 9.29 Å². The lowest BCUT2D eigenvalue weighted by Gasteiger charge is -2.25. The molecule has 0 aliphatic heterocycles. The van der Waals surface area contributed by atoms with E-state index in [1.807, 2.05) is 0 Å². The second-order valence-corrected chi connectivity index (χ2v) is 8.53. The van der Waals surface area contributed by atoms with Crippen LogP contribution >= 0.6 is 27.7 Å². The number of hydrogen-bond acceptors (Lipinski definition) is 4. The highest BCUT2D eigenvalue weighted by Crippen LogP contribution is 2.36. The number of halogens is 2. The predicted octanol–water partition coefficient (Wildman–Crippen LogP) is 5.03. The fourth-order valence-electron chi connectivity index (χ4n) is 1.86. The average Bonchev–Trinajstić information content (AvgIpc) is 2.50. The molecule has 0 saturated carbocycles. The monoisotopic (exact) mass is 431 g/mol. The molecule has 0 atom stereocenters. The van der Waals surface area contributed by atoms with Crippen LogP contribution in [0.3, 0.4) is 0 Å². The third-order valence-corrected chi connectivity index (χ3v) is 5.50. The Kier molecular flexibility index (Phi) is 7.81. The Hall–Kier alpha value is -1.21. The molecule has 1 rings (SSSR count). The van der Waals surface area contributed by atoms with Gasteiger partial charge in [0.05, 0.1) is 5.69 Å². The van der Waals surface area contributed by atoms with E-state index in [-0.39, 0.29) is 16.7 Å². The first-order valence-corrected chi connectivity index (χ1v) is 9.66. The van der Waals surface area contributed by atoms with Crippen LogP contribution in [0.25, 0.3) is 0 Å². The van der Waals surface area contributed by atoms with Gasteiger partial charge in [-0.05, 0) is 28.1 Å². The van der Waals surface area contributed by atoms with E-state index in [0.29, 0.717) is 9.37 Å². The number of anilines is 1. The molecule has 0 N–H and O–H groups in total. The minimum atomic E-state index is -0.698. The molecule has 0 radical (unpaired) electrons. The van der Waals surface area contributed by atoms with Crippen LogP contribution in [0.2, 0.25) is 0 Å². The van der Waals surface area contributed by atoms with Gasteiger partial charge >= 0.3 is 0 Å². The lowest BCUT2D eigenvalue weighted by Crippen LogP contribution is -2.42. The predicted molar refractivity (Wildman–Crippen MR) is 102 cm³/mol. The van der Waals surface area contributed by atoms with Crippen LogP contribution in [0.5, 0.6) is 0 Å². The lowest BCUT2D eigenvalue weighted by atomic mass is 10.1. The Morgan fingerprint density at radius 1 is 0.960 bits per heavy atom. The number of nitrogens with zero attached hydrogens (tertiary/aromatic N) is 1. The quantitative estimate of drug-likeness (QED) is 0.613. The fraction of sp³-hybridized carbons (Fsp3) is 0.500. The third-order valence-electron chi connectivity index (χ3n) is 3.35. The Balaban J connectivity index is 3.46. The maximum absolute atomic E-state index is 14.6. The second-order valence-electron chi connectivity index (χ2n) is 6.63. The van der Waals surface area contributed by atoms with E-state index in [4.69, 9.17) is 0 Å². The number of amides is 2. The van der Waals surface area contributed by atoms with Crippen molar-refractivity contribution in [3.63, 3.8) is 0 Å². The molecule has 1 aromatic carbocycles. The Morgan fingerprint density at radius 2 is 1.44 bits per heavy atom. The number of carbonyl (C=O) groups excluding carboxylic acids is 3. The summed E-state index contributed by atoms with van der Waals surface area (Å²) in [6.45, 7) is 10.1. The molecular formula is C18H23BrFNO3S. The van der Waals surface area contributed by atoms with Crippen LogP contribution in [0.1, 0.15) is 41.5 Å². The third kappa shape index (κ3) is 5.38. The SMILES string of the molecule is CC(C)C(=O)Sc1cc(N(C(=O)C(C)C)C(=O)C(C)C)c(F)cc1Br. The second kappa shape index (κ2) is 8.94. The topological polar surface area (TPSA) is 54.5 Å². The Bertz CT molecular complexity index is 669. The molecule has 0 heterocycles. The highest BCUT2D eigenvalue weighted by Gasteiger charge is 2.30. The molecule has 25 heavy (non-hydrogen) atoms. The zero-order valence-corrected chi connectivity index (χ0v) is 17.6. The van der Waals surface area contributed by atoms with Crippen LogP contribution in [0.4, 0.5) is 10.1 Å². The van der Waals surface area contributed by atoms with E-state index in [9.17, 15) is 18.8 Å². The van der Waals surface area contributed by atoms with Gasteiger partial charge in [0, 0.05) is 27.1 Å². The summed E-state index contributed by atoms with van der Waals surface area (Å²) in [6.07, 6.45) is 0. The van der Waals surface area contributed by atoms with Gasteiger partial charge in [0.1, 0.15) is 5.82 Å². The number of thioether (sulfide) groups is 1. The van der Waals surface area contributed by atoms with E-state index in [0.717, 1.165) is 16.7 Å². The molecule has 0 spiro atoms. The molecule has 138 valence electrons. The highest BCUT2D eigenvalue weighted by molar-refractivity contribution is 9.10. The molecule has 0 aliphatic carbocycles. The molecule has 0 unspecified atom stereocenters. The zero-order valence-electron chi connectivity index (χ0n) is 15.2. The van der Waals surface area contributed by atoms with Gasteiger partial charge in [-0.1, -0.05) is 53.3 Å². The van der Waals surface area contributed by atoms with Crippen molar-refractivity contribution in [2.45, 2.75) is 46.4 Å². The summed E-state index contributed by atoms with van der Waals surface area (Å²) in [4.78, 5) is 38.4. The zero-order chi connectivity index (χ0) is 19.5. The van der Waals surface area contributed by atoms with Crippen molar-refractivity contribution in [3.8, 4) is 0 Å². The first-order chi connectivity index (χ1) is 11.5. The molecule has 1 aromatic rings. The first kappa shape index (κ1) is 21.8. The Labute approximate surface area is 160 Å². The number of hydrogen-bond donors (Lipinski definition) is 0. The summed E-state index contributed by atoms with van der Waals surface area (Å²) < 4.78 is 15.0. The minimum absolute atomic E-state index is 0.0878. The van der Waals surface area contributed by atoms with Gasteiger partial charge in [0.25, 0.3) is 0 Å². The molecule has 0 saturated heterocycles. The largest absolute Gasteiger partial charge is 0.287 e. The van der Waals surface area contributed by atoms with Crippen LogP contribution in [0.15, 0.2) is 21.5 Å². The molecule has 4 nitrogen and oxygen atoms in total. The van der Waals surface area contributed by atoms with E-state index >= 15 is 0 Å². The summed E-state index contributed by atoms with van der Waals surface area (Å²) >= 11 is 4.20. The molecule has 0 aromatic heterocycles. The van der Waals surface area contributed by atoms with Crippen molar-refractivity contribution >= 4 is 50.3 Å². The van der Waals surface area contributed by atoms with Gasteiger partial charge in [0.15, 0.2) is 5.12 Å². The van der Waals surface area contributed by atoms with Crippen molar-refractivity contribution in [3.05, 3.63) is 22.4 Å². The summed E-state index contributed by atoms with van der Waals surface area (Å²) in [5.74, 6) is -2.80. The van der Waals surface area contributed by atoms with Crippen molar-refractivity contribution in [2.24, 2.45) is 17.8 Å². The molecule has 7 heteroatoms. The molecule has 0 bridgehead atoms. The van der Waals surface area contributed by atoms with Crippen LogP contribution in [0, 0.1) is 23.6 Å². The fourth-order valence-corrected chi connectivity index (χ4v) is 3.19. The number of carbonyl (C=O) groups is 3. The Morgan fingerprint density at radius 3 is 1.84 bits per heavy atom. The van der Waals surface area contributed by atoms with Crippen molar-refractivity contribution in [1.82, 2.24) is 0 Å². The van der Waals surface area contributed by atoms with Crippen molar-refractivity contribution in [1.29, 1.82) is 0 Å². The van der Waals surface area contributed by atoms with Crippen LogP contribution < -0.4 is 4.90 Å². The van der Waals surface area contributed by atoms with Gasteiger partial charge in [-0.15, -0.1) is 0 Å². The van der Waals surface area contributed by atoms with Gasteiger partial charge < -0.3 is 0 Å². The van der Waals surface area contributed by atoms with Gasteiger partial charge in [0.2, 0.25) is 11.8 Å². The summed E-state index contributed by atoms with van der Waals surface area (Å²) in [5, 5.41) is -0.0878. The lowest BCUT2D eigenvalue weighted by molar-refractivity contribution is -0.129. The van der Waals surface area contributed by atoms with Gasteiger partial charge in [-0.3, -0.25) is 14.4 Å². The molecule has 2 amide bonds. The van der Waals surface area contributed by atoms with Crippen LogP contribution in [-0.2, 0) is 14.4 Å². The summed E-state index contributed by atoms with van der Waals surface area (Å²) in [7, 11) is 0. The van der Waals surface area contributed by atoms with Crippen molar-refractivity contribution in [2.75, 3.05) is 4.90 Å². The molecule has 0 fully saturated rings. The van der Waals surface area contributed by atoms with E-state index < -0.39 is 29.5 Å². The summed E-state index contributed by atoms with van der Waals surface area (Å²) in [5.41, 5.74) is -0.125. The highest BCUT2D eigenvalue weighted by atomic mass is 79.9. The number of benzene rings is 1. The molecular weight excluding hydrogens is 409 g/mol. The summed E-state index contributed by atoms with van der Waals surface area (Å²) in [6, 6.07) is 2.56. The number of rotatable bonds is 5. The maximum Gasteiger partial charge on any atom is 0.236 e. The smallest absolute Gasteiger partial charge is 0.236 e. The van der Waals surface area contributed by atoms with Crippen LogP contribution in [-0.4, -0.2) is 16.9 Å². The molecule has 0 aliphatic rings. The van der Waals surface area contributed by atoms with E-state index in [1.165, 1.54) is 12.1 Å².